The number of thiol groups is 1. The highest BCUT2D eigenvalue weighted by molar-refractivity contribution is 7.80. The molecule has 0 saturated carbocycles. The molecule has 9 heavy (non-hydrogen) atoms. The Kier molecular flexibility index (Phi) is 2.61. The third-order valence-electron chi connectivity index (χ3n) is 1.88. The first-order chi connectivity index (χ1) is 4.27. The van der Waals surface area contributed by atoms with E-state index >= 15 is 0 Å². The van der Waals surface area contributed by atoms with Crippen LogP contribution in [0, 0.1) is 0 Å². The van der Waals surface area contributed by atoms with Gasteiger partial charge in [0.2, 0.25) is 0 Å². The van der Waals surface area contributed by atoms with Crippen LogP contribution in [0.15, 0.2) is 0 Å². The SMILES string of the molecule is [SiH3]C1(CS)CCCCO1. The van der Waals surface area contributed by atoms with Crippen molar-refractivity contribution in [3.05, 3.63) is 0 Å². The van der Waals surface area contributed by atoms with Gasteiger partial charge in [-0.2, -0.15) is 12.6 Å². The van der Waals surface area contributed by atoms with E-state index in [-0.39, 0.29) is 5.22 Å². The van der Waals surface area contributed by atoms with Crippen molar-refractivity contribution in [2.75, 3.05) is 12.4 Å². The third-order valence-corrected chi connectivity index (χ3v) is 4.29. The highest BCUT2D eigenvalue weighted by Crippen LogP contribution is 2.22. The zero-order valence-corrected chi connectivity index (χ0v) is 8.79. The van der Waals surface area contributed by atoms with Crippen LogP contribution in [0.5, 0.6) is 0 Å². The van der Waals surface area contributed by atoms with Crippen molar-refractivity contribution in [1.82, 2.24) is 0 Å². The van der Waals surface area contributed by atoms with E-state index in [0.29, 0.717) is 0 Å². The largest absolute Gasteiger partial charge is 0.379 e. The van der Waals surface area contributed by atoms with Crippen molar-refractivity contribution >= 4 is 22.9 Å². The monoisotopic (exact) mass is 162 g/mol. The summed E-state index contributed by atoms with van der Waals surface area (Å²) in [7, 11) is 1.13. The van der Waals surface area contributed by atoms with Gasteiger partial charge in [0.15, 0.2) is 0 Å². The molecule has 0 aromatic carbocycles. The number of rotatable bonds is 1. The summed E-state index contributed by atoms with van der Waals surface area (Å²) in [4.78, 5) is 0. The van der Waals surface area contributed by atoms with Gasteiger partial charge in [0.25, 0.3) is 0 Å². The number of ether oxygens (including phenoxy) is 1. The Morgan fingerprint density at radius 1 is 1.56 bits per heavy atom. The van der Waals surface area contributed by atoms with Gasteiger partial charge in [-0.3, -0.25) is 0 Å². The molecular formula is C6H14OSSi. The molecule has 1 aliphatic rings. The molecule has 1 atom stereocenters. The second-order valence-electron chi connectivity index (χ2n) is 2.91. The molecule has 0 aromatic heterocycles. The van der Waals surface area contributed by atoms with E-state index in [1.807, 2.05) is 0 Å². The third kappa shape index (κ3) is 1.99. The van der Waals surface area contributed by atoms with Crippen LogP contribution in [0.3, 0.4) is 0 Å². The van der Waals surface area contributed by atoms with Gasteiger partial charge >= 0.3 is 0 Å². The van der Waals surface area contributed by atoms with Crippen LogP contribution in [0.1, 0.15) is 19.3 Å². The molecular weight excluding hydrogens is 148 g/mol. The molecule has 0 amide bonds. The average Bonchev–Trinajstić information content (AvgIpc) is 1.90. The van der Waals surface area contributed by atoms with Gasteiger partial charge in [-0.05, 0) is 19.3 Å². The Balaban J connectivity index is 2.37. The number of hydrogen-bond donors (Lipinski definition) is 1. The lowest BCUT2D eigenvalue weighted by Gasteiger charge is -2.32. The molecule has 1 saturated heterocycles. The predicted molar refractivity (Wildman–Crippen MR) is 46.3 cm³/mol. The zero-order chi connectivity index (χ0) is 6.74. The number of hydrogen-bond acceptors (Lipinski definition) is 2. The van der Waals surface area contributed by atoms with Gasteiger partial charge < -0.3 is 4.74 Å². The molecule has 0 spiro atoms. The predicted octanol–water partition coefficient (Wildman–Crippen LogP) is 0.178. The fourth-order valence-electron chi connectivity index (χ4n) is 1.12. The topological polar surface area (TPSA) is 9.23 Å². The summed E-state index contributed by atoms with van der Waals surface area (Å²) in [5, 5.41) is 0.224. The van der Waals surface area contributed by atoms with Crippen molar-refractivity contribution in [3.63, 3.8) is 0 Å². The molecule has 0 bridgehead atoms. The first kappa shape index (κ1) is 7.63. The van der Waals surface area contributed by atoms with E-state index in [2.05, 4.69) is 12.6 Å². The minimum atomic E-state index is 0.224. The second-order valence-corrected chi connectivity index (χ2v) is 5.05. The van der Waals surface area contributed by atoms with Gasteiger partial charge in [0.05, 0.1) is 5.22 Å². The Morgan fingerprint density at radius 3 is 2.67 bits per heavy atom. The molecule has 1 aliphatic heterocycles. The first-order valence-electron chi connectivity index (χ1n) is 3.52. The van der Waals surface area contributed by atoms with Crippen LogP contribution in [-0.2, 0) is 4.74 Å². The summed E-state index contributed by atoms with van der Waals surface area (Å²) in [6, 6.07) is 0. The Bertz CT molecular complexity index is 91.1. The lowest BCUT2D eigenvalue weighted by molar-refractivity contribution is -0.000813. The van der Waals surface area contributed by atoms with Crippen LogP contribution in [0.25, 0.3) is 0 Å². The fourth-order valence-corrected chi connectivity index (χ4v) is 1.92. The van der Waals surface area contributed by atoms with Crippen LogP contribution in [0.2, 0.25) is 0 Å². The molecule has 0 radical (unpaired) electrons. The lowest BCUT2D eigenvalue weighted by atomic mass is 10.1. The standard InChI is InChI=1S/C6H14OSSi/c8-5-6(9)3-1-2-4-7-6/h8H,1-5H2,9H3. The summed E-state index contributed by atoms with van der Waals surface area (Å²) in [6.07, 6.45) is 3.82. The summed E-state index contributed by atoms with van der Waals surface area (Å²) < 4.78 is 5.60. The van der Waals surface area contributed by atoms with Gasteiger partial charge in [-0.25, -0.2) is 0 Å². The molecule has 0 aliphatic carbocycles. The maximum absolute atomic E-state index is 5.60. The smallest absolute Gasteiger partial charge is 0.0571 e. The summed E-state index contributed by atoms with van der Waals surface area (Å²) >= 11 is 4.26. The summed E-state index contributed by atoms with van der Waals surface area (Å²) in [5.74, 6) is 0.916. The van der Waals surface area contributed by atoms with Crippen molar-refractivity contribution in [2.24, 2.45) is 0 Å². The molecule has 0 N–H and O–H groups in total. The van der Waals surface area contributed by atoms with Crippen molar-refractivity contribution < 1.29 is 4.74 Å². The van der Waals surface area contributed by atoms with Crippen LogP contribution < -0.4 is 0 Å². The van der Waals surface area contributed by atoms with Gasteiger partial charge in [-0.15, -0.1) is 0 Å². The van der Waals surface area contributed by atoms with Crippen LogP contribution >= 0.6 is 12.6 Å². The van der Waals surface area contributed by atoms with E-state index in [4.69, 9.17) is 4.74 Å². The minimum absolute atomic E-state index is 0.224. The Morgan fingerprint density at radius 2 is 2.33 bits per heavy atom. The van der Waals surface area contributed by atoms with E-state index in [1.165, 1.54) is 19.3 Å². The summed E-state index contributed by atoms with van der Waals surface area (Å²) in [6.45, 7) is 0.962. The van der Waals surface area contributed by atoms with E-state index < -0.39 is 0 Å². The maximum Gasteiger partial charge on any atom is 0.0571 e. The Hall–Kier alpha value is 0.527. The molecule has 1 nitrogen and oxygen atoms in total. The molecule has 1 rings (SSSR count). The highest BCUT2D eigenvalue weighted by Gasteiger charge is 2.25. The van der Waals surface area contributed by atoms with Gasteiger partial charge in [0.1, 0.15) is 0 Å². The van der Waals surface area contributed by atoms with Crippen molar-refractivity contribution in [2.45, 2.75) is 24.5 Å². The molecule has 1 fully saturated rings. The molecule has 1 unspecified atom stereocenters. The first-order valence-corrected chi connectivity index (χ1v) is 5.15. The van der Waals surface area contributed by atoms with E-state index in [1.54, 1.807) is 0 Å². The van der Waals surface area contributed by atoms with Crippen molar-refractivity contribution in [3.8, 4) is 0 Å². The highest BCUT2D eigenvalue weighted by atomic mass is 32.1. The minimum Gasteiger partial charge on any atom is -0.379 e. The van der Waals surface area contributed by atoms with Crippen LogP contribution in [0.4, 0.5) is 0 Å². The molecule has 54 valence electrons. The summed E-state index contributed by atoms with van der Waals surface area (Å²) in [5.41, 5.74) is 0. The molecule has 1 heterocycles. The molecule has 3 heteroatoms. The lowest BCUT2D eigenvalue weighted by Crippen LogP contribution is -2.38. The van der Waals surface area contributed by atoms with Gasteiger partial charge in [0, 0.05) is 22.6 Å². The van der Waals surface area contributed by atoms with Gasteiger partial charge in [-0.1, -0.05) is 0 Å². The van der Waals surface area contributed by atoms with E-state index in [9.17, 15) is 0 Å². The second kappa shape index (κ2) is 3.08. The average molecular weight is 162 g/mol. The zero-order valence-electron chi connectivity index (χ0n) is 5.89. The van der Waals surface area contributed by atoms with Crippen LogP contribution in [-0.4, -0.2) is 27.8 Å². The fraction of sp³-hybridized carbons (Fsp3) is 1.00. The maximum atomic E-state index is 5.60. The Labute approximate surface area is 65.0 Å². The van der Waals surface area contributed by atoms with Crippen molar-refractivity contribution in [1.29, 1.82) is 0 Å². The normalized spacial score (nSPS) is 37.0. The van der Waals surface area contributed by atoms with E-state index in [0.717, 1.165) is 22.6 Å². The quantitative estimate of drug-likeness (QED) is 0.427. The molecule has 0 aromatic rings.